The van der Waals surface area contributed by atoms with Gasteiger partial charge in [0.1, 0.15) is 37.5 Å². The van der Waals surface area contributed by atoms with E-state index < -0.39 is 79.2 Å². The van der Waals surface area contributed by atoms with E-state index in [-0.39, 0.29) is 50.8 Å². The van der Waals surface area contributed by atoms with E-state index in [1.165, 1.54) is 129 Å². The Bertz CT molecular complexity index is 1830. The zero-order valence-electron chi connectivity index (χ0n) is 51.2. The number of esters is 5. The molecule has 1 aliphatic heterocycles. The summed E-state index contributed by atoms with van der Waals surface area (Å²) >= 11 is 0. The average molecular weight is 1140 g/mol. The standard InChI is InChI=1S/C65H110N2O14/c1-7-10-13-16-19-22-24-27-30-33-39-44-58(71)66-56(64(74)77-49-54-41-36-35-37-42-54)46-47-75-65-61(63(79-53(6)70)62(78-52(5)69)57(81-65)50-76-51(4)68)67-59(72)48-55(43-38-32-29-26-21-18-15-12-9-3)80-60(73)45-40-34-31-28-25-23-20-17-14-11-8-2/h35-37,41-42,55-57,61-63,65H,7-34,38-40,43-50H2,1-6H3,(H,66,71)(H,67,72)/t55-,56+,57-,61-,62-,63-,65-/m1/s1. The first-order valence-corrected chi connectivity index (χ1v) is 32.0. The van der Waals surface area contributed by atoms with Crippen LogP contribution in [0.5, 0.6) is 0 Å². The first kappa shape index (κ1) is 72.5. The second-order valence-electron chi connectivity index (χ2n) is 22.5. The van der Waals surface area contributed by atoms with Crippen molar-refractivity contribution in [1.29, 1.82) is 0 Å². The Labute approximate surface area is 488 Å². The lowest BCUT2D eigenvalue weighted by molar-refractivity contribution is -0.278. The molecule has 0 aliphatic carbocycles. The van der Waals surface area contributed by atoms with Crippen molar-refractivity contribution in [2.45, 2.75) is 322 Å². The Hall–Kier alpha value is -4.57. The molecular formula is C65H110N2O14. The molecule has 1 aliphatic rings. The summed E-state index contributed by atoms with van der Waals surface area (Å²) in [6, 6.07) is 6.69. The molecular weight excluding hydrogens is 1030 g/mol. The molecule has 464 valence electrons. The SMILES string of the molecule is CCCCCCCCCCCCCC(=O)N[C@@H](CCO[C@@H]1O[C@H](COC(C)=O)[C@@H](OC(C)=O)[C@H](OC(C)=O)[C@H]1NC(=O)C[C@@H](CCCCCCCCCCC)OC(=O)CCCCCCCCCCCCC)C(=O)OCc1ccccc1. The highest BCUT2D eigenvalue weighted by Gasteiger charge is 2.51. The molecule has 2 amide bonds. The van der Waals surface area contributed by atoms with E-state index in [1.807, 2.05) is 30.3 Å². The molecule has 0 aromatic heterocycles. The molecule has 0 bridgehead atoms. The fourth-order valence-corrected chi connectivity index (χ4v) is 10.3. The molecule has 0 radical (unpaired) electrons. The van der Waals surface area contributed by atoms with E-state index in [4.69, 9.17) is 33.2 Å². The highest BCUT2D eigenvalue weighted by atomic mass is 16.7. The number of amides is 2. The second-order valence-corrected chi connectivity index (χ2v) is 22.5. The van der Waals surface area contributed by atoms with Crippen LogP contribution >= 0.6 is 0 Å². The van der Waals surface area contributed by atoms with Gasteiger partial charge < -0.3 is 43.8 Å². The predicted molar refractivity (Wildman–Crippen MR) is 316 cm³/mol. The van der Waals surface area contributed by atoms with Gasteiger partial charge in [0.05, 0.1) is 13.0 Å². The highest BCUT2D eigenvalue weighted by Crippen LogP contribution is 2.29. The number of hydrogen-bond donors (Lipinski definition) is 2. The summed E-state index contributed by atoms with van der Waals surface area (Å²) in [6.07, 6.45) is 29.2. The Morgan fingerprint density at radius 1 is 0.519 bits per heavy atom. The number of rotatable bonds is 50. The van der Waals surface area contributed by atoms with Gasteiger partial charge in [0.2, 0.25) is 11.8 Å². The summed E-state index contributed by atoms with van der Waals surface area (Å²) < 4.78 is 41.3. The Balaban J connectivity index is 2.31. The van der Waals surface area contributed by atoms with Gasteiger partial charge in [0.25, 0.3) is 0 Å². The third kappa shape index (κ3) is 37.3. The van der Waals surface area contributed by atoms with Crippen LogP contribution in [-0.4, -0.2) is 97.7 Å². The molecule has 16 heteroatoms. The van der Waals surface area contributed by atoms with Crippen LogP contribution in [0.25, 0.3) is 0 Å². The van der Waals surface area contributed by atoms with Crippen LogP contribution in [0.3, 0.4) is 0 Å². The van der Waals surface area contributed by atoms with Crippen molar-refractivity contribution in [3.8, 4) is 0 Å². The first-order valence-electron chi connectivity index (χ1n) is 32.0. The van der Waals surface area contributed by atoms with Crippen molar-refractivity contribution in [3.63, 3.8) is 0 Å². The number of ether oxygens (including phenoxy) is 7. The van der Waals surface area contributed by atoms with E-state index >= 15 is 0 Å². The molecule has 1 aromatic carbocycles. The van der Waals surface area contributed by atoms with Crippen LogP contribution in [-0.2, 0) is 73.3 Å². The minimum atomic E-state index is -1.45. The van der Waals surface area contributed by atoms with Crippen molar-refractivity contribution in [2.75, 3.05) is 13.2 Å². The lowest BCUT2D eigenvalue weighted by atomic mass is 9.95. The first-order chi connectivity index (χ1) is 39.3. The number of benzene rings is 1. The molecule has 16 nitrogen and oxygen atoms in total. The maximum absolute atomic E-state index is 14.4. The van der Waals surface area contributed by atoms with Crippen LogP contribution in [0.1, 0.15) is 278 Å². The molecule has 1 heterocycles. The van der Waals surface area contributed by atoms with Crippen LogP contribution in [0.2, 0.25) is 0 Å². The largest absolute Gasteiger partial charge is 0.463 e. The van der Waals surface area contributed by atoms with Crippen LogP contribution in [0.15, 0.2) is 30.3 Å². The van der Waals surface area contributed by atoms with Crippen LogP contribution in [0, 0.1) is 0 Å². The molecule has 0 unspecified atom stereocenters. The Morgan fingerprint density at radius 2 is 0.988 bits per heavy atom. The van der Waals surface area contributed by atoms with Crippen molar-refractivity contribution < 1.29 is 66.7 Å². The summed E-state index contributed by atoms with van der Waals surface area (Å²) in [4.78, 5) is 92.6. The number of nitrogens with one attached hydrogen (secondary N) is 2. The van der Waals surface area contributed by atoms with Gasteiger partial charge in [-0.25, -0.2) is 4.79 Å². The molecule has 1 aromatic rings. The van der Waals surface area contributed by atoms with Crippen molar-refractivity contribution in [2.24, 2.45) is 0 Å². The van der Waals surface area contributed by atoms with Gasteiger partial charge in [-0.15, -0.1) is 0 Å². The maximum Gasteiger partial charge on any atom is 0.329 e. The molecule has 1 saturated heterocycles. The topological polar surface area (TPSA) is 208 Å². The molecule has 0 saturated carbocycles. The molecule has 1 fully saturated rings. The third-order valence-corrected chi connectivity index (χ3v) is 14.9. The minimum absolute atomic E-state index is 0.0282. The average Bonchev–Trinajstić information content (AvgIpc) is 3.43. The third-order valence-electron chi connectivity index (χ3n) is 14.9. The quantitative estimate of drug-likeness (QED) is 0.0353. The number of hydrogen-bond acceptors (Lipinski definition) is 14. The molecule has 7 atom stereocenters. The van der Waals surface area contributed by atoms with E-state index in [9.17, 15) is 33.6 Å². The predicted octanol–water partition coefficient (Wildman–Crippen LogP) is 13.9. The van der Waals surface area contributed by atoms with Gasteiger partial charge >= 0.3 is 29.8 Å². The van der Waals surface area contributed by atoms with Gasteiger partial charge in [-0.3, -0.25) is 28.8 Å². The fourth-order valence-electron chi connectivity index (χ4n) is 10.3. The Kier molecular flexibility index (Phi) is 42.9. The fraction of sp³-hybridized carbons (Fsp3) is 0.800. The van der Waals surface area contributed by atoms with Gasteiger partial charge in [-0.2, -0.15) is 0 Å². The molecule has 81 heavy (non-hydrogen) atoms. The highest BCUT2D eigenvalue weighted by molar-refractivity contribution is 5.84. The van der Waals surface area contributed by atoms with Gasteiger partial charge in [0, 0.05) is 40.0 Å². The summed E-state index contributed by atoms with van der Waals surface area (Å²) in [7, 11) is 0. The van der Waals surface area contributed by atoms with Crippen molar-refractivity contribution >= 4 is 41.7 Å². The summed E-state index contributed by atoms with van der Waals surface area (Å²) in [5.41, 5.74) is 0.759. The molecule has 2 rings (SSSR count). The molecule has 0 spiro atoms. The van der Waals surface area contributed by atoms with Gasteiger partial charge in [0.15, 0.2) is 18.5 Å². The van der Waals surface area contributed by atoms with Crippen LogP contribution < -0.4 is 10.6 Å². The zero-order chi connectivity index (χ0) is 59.1. The van der Waals surface area contributed by atoms with Crippen LogP contribution in [0.4, 0.5) is 0 Å². The summed E-state index contributed by atoms with van der Waals surface area (Å²) in [5, 5.41) is 5.76. The van der Waals surface area contributed by atoms with Gasteiger partial charge in [-0.1, -0.05) is 231 Å². The van der Waals surface area contributed by atoms with Crippen molar-refractivity contribution in [1.82, 2.24) is 10.6 Å². The summed E-state index contributed by atoms with van der Waals surface area (Å²) in [6.45, 7) is 9.46. The number of carbonyl (C=O) groups is 7. The van der Waals surface area contributed by atoms with E-state index in [0.29, 0.717) is 19.3 Å². The normalized spacial score (nSPS) is 17.6. The van der Waals surface area contributed by atoms with Gasteiger partial charge in [-0.05, 0) is 31.2 Å². The maximum atomic E-state index is 14.4. The number of carbonyl (C=O) groups excluding carboxylic acids is 7. The smallest absolute Gasteiger partial charge is 0.329 e. The minimum Gasteiger partial charge on any atom is -0.463 e. The Morgan fingerprint density at radius 3 is 1.48 bits per heavy atom. The lowest BCUT2D eigenvalue weighted by Gasteiger charge is -2.45. The molecule has 2 N–H and O–H groups in total. The zero-order valence-corrected chi connectivity index (χ0v) is 51.2. The van der Waals surface area contributed by atoms with E-state index in [2.05, 4.69) is 31.4 Å². The monoisotopic (exact) mass is 1140 g/mol. The number of unbranched alkanes of at least 4 members (excludes halogenated alkanes) is 28. The lowest BCUT2D eigenvalue weighted by Crippen LogP contribution is -2.67. The van der Waals surface area contributed by atoms with E-state index in [0.717, 1.165) is 83.6 Å². The second kappa shape index (κ2) is 47.9. The van der Waals surface area contributed by atoms with Crippen molar-refractivity contribution in [3.05, 3.63) is 35.9 Å². The summed E-state index contributed by atoms with van der Waals surface area (Å²) in [5.74, 6) is -4.13. The van der Waals surface area contributed by atoms with E-state index in [1.54, 1.807) is 0 Å².